The van der Waals surface area contributed by atoms with Crippen LogP contribution in [0.1, 0.15) is 12.8 Å². The quantitative estimate of drug-likeness (QED) is 0.476. The minimum Gasteiger partial charge on any atom is -0.420 e. The highest BCUT2D eigenvalue weighted by atomic mass is 28.4. The number of nitrogens with one attached hydrogen (secondary N) is 1. The van der Waals surface area contributed by atoms with E-state index in [0.29, 0.717) is 6.23 Å². The molecule has 3 nitrogen and oxygen atoms in total. The summed E-state index contributed by atoms with van der Waals surface area (Å²) in [6, 6.07) is 2.45. The van der Waals surface area contributed by atoms with Gasteiger partial charge in [-0.15, -0.1) is 0 Å². The number of rotatable bonds is 10. The van der Waals surface area contributed by atoms with Crippen molar-refractivity contribution in [1.82, 2.24) is 5.32 Å². The van der Waals surface area contributed by atoms with E-state index in [0.717, 1.165) is 13.1 Å². The van der Waals surface area contributed by atoms with Gasteiger partial charge in [-0.25, -0.2) is 0 Å². The summed E-state index contributed by atoms with van der Waals surface area (Å²) in [6.45, 7) is 11.2. The molecule has 0 amide bonds. The van der Waals surface area contributed by atoms with E-state index < -0.39 is 16.4 Å². The smallest absolute Gasteiger partial charge is 0.186 e. The Hall–Kier alpha value is 0.314. The summed E-state index contributed by atoms with van der Waals surface area (Å²) in [6.07, 6.45) is 2.83. The van der Waals surface area contributed by atoms with E-state index in [1.165, 1.54) is 24.9 Å². The molecule has 0 aromatic heterocycles. The summed E-state index contributed by atoms with van der Waals surface area (Å²) in [7, 11) is -0.792. The molecule has 0 aliphatic rings. The maximum Gasteiger partial charge on any atom is 0.186 e. The predicted molar refractivity (Wildman–Crippen MR) is 80.8 cm³/mol. The molecule has 0 unspecified atom stereocenters. The van der Waals surface area contributed by atoms with Gasteiger partial charge in [-0.05, 0) is 45.1 Å². The Morgan fingerprint density at radius 3 is 2.00 bits per heavy atom. The molecule has 17 heavy (non-hydrogen) atoms. The van der Waals surface area contributed by atoms with Crippen LogP contribution in [-0.4, -0.2) is 47.9 Å². The average molecular weight is 278 g/mol. The van der Waals surface area contributed by atoms with Gasteiger partial charge in [-0.3, -0.25) is 0 Å². The Balaban J connectivity index is 3.36. The Bertz CT molecular complexity index is 179. The fourth-order valence-electron chi connectivity index (χ4n) is 1.64. The van der Waals surface area contributed by atoms with Gasteiger partial charge in [0.25, 0.3) is 0 Å². The van der Waals surface area contributed by atoms with Crippen molar-refractivity contribution < 1.29 is 9.53 Å². The van der Waals surface area contributed by atoms with E-state index in [-0.39, 0.29) is 0 Å². The fourth-order valence-corrected chi connectivity index (χ4v) is 4.16. The lowest BCUT2D eigenvalue weighted by Gasteiger charge is -2.20. The van der Waals surface area contributed by atoms with Gasteiger partial charge in [-0.1, -0.05) is 19.1 Å². The van der Waals surface area contributed by atoms with Crippen molar-refractivity contribution in [3.05, 3.63) is 0 Å². The van der Waals surface area contributed by atoms with Crippen molar-refractivity contribution >= 4 is 16.4 Å². The number of aliphatic hydroxyl groups excluding tert-OH is 1. The van der Waals surface area contributed by atoms with Crippen molar-refractivity contribution in [2.45, 2.75) is 51.1 Å². The van der Waals surface area contributed by atoms with Crippen molar-refractivity contribution in [1.29, 1.82) is 0 Å². The molecular weight excluding hydrogens is 246 g/mol. The highest BCUT2D eigenvalue weighted by Crippen LogP contribution is 2.12. The van der Waals surface area contributed by atoms with Crippen LogP contribution in [0, 0.1) is 0 Å². The zero-order chi connectivity index (χ0) is 13.4. The fraction of sp³-hybridized carbons (Fsp3) is 1.00. The van der Waals surface area contributed by atoms with Gasteiger partial charge in [0.1, 0.15) is 0 Å². The van der Waals surface area contributed by atoms with Crippen molar-refractivity contribution in [2.75, 3.05) is 26.4 Å². The highest BCUT2D eigenvalue weighted by molar-refractivity contribution is 6.77. The first-order chi connectivity index (χ1) is 7.83. The standard InChI is InChI=1S/C12H31NO2Si2/c1-15-17(4,5)11-7-9-13-8-6-10-16(2,3)12-14/h13-14H,6-12H2,1-5H3. The molecular formula is C12H31NO2Si2. The summed E-state index contributed by atoms with van der Waals surface area (Å²) in [5, 5.41) is 12.7. The van der Waals surface area contributed by atoms with Crippen LogP contribution in [0.25, 0.3) is 0 Å². The van der Waals surface area contributed by atoms with Gasteiger partial charge in [0, 0.05) is 13.3 Å². The maximum absolute atomic E-state index is 9.18. The molecule has 5 heteroatoms. The van der Waals surface area contributed by atoms with Crippen LogP contribution in [0.3, 0.4) is 0 Å². The van der Waals surface area contributed by atoms with E-state index in [1.54, 1.807) is 0 Å². The number of aliphatic hydroxyl groups is 1. The van der Waals surface area contributed by atoms with Gasteiger partial charge in [0.2, 0.25) is 0 Å². The van der Waals surface area contributed by atoms with Crippen molar-refractivity contribution in [3.8, 4) is 0 Å². The van der Waals surface area contributed by atoms with Gasteiger partial charge in [0.05, 0.1) is 8.07 Å². The molecule has 0 spiro atoms. The highest BCUT2D eigenvalue weighted by Gasteiger charge is 2.19. The van der Waals surface area contributed by atoms with E-state index in [2.05, 4.69) is 31.5 Å². The molecule has 0 rings (SSSR count). The van der Waals surface area contributed by atoms with Crippen LogP contribution in [0.2, 0.25) is 38.3 Å². The molecule has 0 aromatic rings. The Kier molecular flexibility index (Phi) is 8.58. The first-order valence-corrected chi connectivity index (χ1v) is 13.2. The third-order valence-electron chi connectivity index (χ3n) is 3.32. The molecule has 0 radical (unpaired) electrons. The van der Waals surface area contributed by atoms with E-state index in [1.807, 2.05) is 7.11 Å². The van der Waals surface area contributed by atoms with Gasteiger partial charge < -0.3 is 14.8 Å². The Morgan fingerprint density at radius 2 is 1.53 bits per heavy atom. The minimum absolute atomic E-state index is 0.417. The maximum atomic E-state index is 9.18. The van der Waals surface area contributed by atoms with Crippen LogP contribution in [0.5, 0.6) is 0 Å². The molecule has 104 valence electrons. The van der Waals surface area contributed by atoms with Crippen molar-refractivity contribution in [2.24, 2.45) is 0 Å². The van der Waals surface area contributed by atoms with Gasteiger partial charge in [-0.2, -0.15) is 0 Å². The zero-order valence-corrected chi connectivity index (χ0v) is 14.3. The lowest BCUT2D eigenvalue weighted by Crippen LogP contribution is -2.32. The summed E-state index contributed by atoms with van der Waals surface area (Å²) >= 11 is 0. The largest absolute Gasteiger partial charge is 0.420 e. The molecule has 2 N–H and O–H groups in total. The van der Waals surface area contributed by atoms with Gasteiger partial charge in [0.15, 0.2) is 8.32 Å². The second kappa shape index (κ2) is 8.42. The van der Waals surface area contributed by atoms with Crippen LogP contribution >= 0.6 is 0 Å². The average Bonchev–Trinajstić information content (AvgIpc) is 2.27. The minimum atomic E-state index is -1.35. The van der Waals surface area contributed by atoms with Crippen LogP contribution < -0.4 is 5.32 Å². The molecule has 0 aromatic carbocycles. The molecule has 0 bridgehead atoms. The lowest BCUT2D eigenvalue weighted by atomic mass is 10.4. The number of hydrogen-bond donors (Lipinski definition) is 2. The molecule has 0 fully saturated rings. The van der Waals surface area contributed by atoms with E-state index in [9.17, 15) is 5.11 Å². The first kappa shape index (κ1) is 17.3. The van der Waals surface area contributed by atoms with Crippen LogP contribution in [0.4, 0.5) is 0 Å². The monoisotopic (exact) mass is 277 g/mol. The lowest BCUT2D eigenvalue weighted by molar-refractivity contribution is 0.357. The van der Waals surface area contributed by atoms with E-state index in [4.69, 9.17) is 4.43 Å². The molecule has 0 heterocycles. The summed E-state index contributed by atoms with van der Waals surface area (Å²) in [5.41, 5.74) is 0. The summed E-state index contributed by atoms with van der Waals surface area (Å²) < 4.78 is 5.51. The second-order valence-electron chi connectivity index (χ2n) is 6.24. The first-order valence-electron chi connectivity index (χ1n) is 6.70. The van der Waals surface area contributed by atoms with Crippen LogP contribution in [0.15, 0.2) is 0 Å². The number of hydrogen-bond acceptors (Lipinski definition) is 3. The second-order valence-corrected chi connectivity index (χ2v) is 15.8. The van der Waals surface area contributed by atoms with E-state index >= 15 is 0 Å². The Morgan fingerprint density at radius 1 is 1.00 bits per heavy atom. The molecule has 0 aliphatic carbocycles. The normalized spacial score (nSPS) is 13.1. The zero-order valence-electron chi connectivity index (χ0n) is 12.3. The Labute approximate surface area is 109 Å². The molecule has 0 atom stereocenters. The molecule has 0 saturated heterocycles. The molecule has 0 saturated carbocycles. The SMILES string of the molecule is CO[Si](C)(C)CCCNCCC[Si](C)(C)CO. The summed E-state index contributed by atoms with van der Waals surface area (Å²) in [4.78, 5) is 0. The predicted octanol–water partition coefficient (Wildman–Crippen LogP) is 2.45. The van der Waals surface area contributed by atoms with Gasteiger partial charge >= 0.3 is 0 Å². The summed E-state index contributed by atoms with van der Waals surface area (Å²) in [5.74, 6) is 0. The third kappa shape index (κ3) is 9.97. The third-order valence-corrected chi connectivity index (χ3v) is 8.55. The molecule has 0 aliphatic heterocycles. The topological polar surface area (TPSA) is 41.5 Å². The van der Waals surface area contributed by atoms with Crippen molar-refractivity contribution in [3.63, 3.8) is 0 Å². The van der Waals surface area contributed by atoms with Crippen LogP contribution in [-0.2, 0) is 4.43 Å².